The minimum atomic E-state index is -0.0156. The molecule has 3 nitrogen and oxygen atoms in total. The van der Waals surface area contributed by atoms with Crippen molar-refractivity contribution in [3.05, 3.63) is 34.9 Å². The van der Waals surface area contributed by atoms with Gasteiger partial charge in [0.1, 0.15) is 0 Å². The Kier molecular flexibility index (Phi) is 11.2. The molecule has 0 bridgehead atoms. The van der Waals surface area contributed by atoms with Crippen LogP contribution in [0.5, 0.6) is 0 Å². The predicted octanol–water partition coefficient (Wildman–Crippen LogP) is 5.71. The summed E-state index contributed by atoms with van der Waals surface area (Å²) in [4.78, 5) is 11.6. The number of halogens is 1. The highest BCUT2D eigenvalue weighted by Crippen LogP contribution is 2.10. The molecule has 0 saturated carbocycles. The smallest absolute Gasteiger partial charge is 0.240 e. The molecule has 0 aliphatic rings. The molecule has 0 aliphatic heterocycles. The van der Waals surface area contributed by atoms with Gasteiger partial charge in [-0.05, 0) is 24.1 Å². The van der Waals surface area contributed by atoms with Crippen LogP contribution in [0.4, 0.5) is 0 Å². The molecular formula is C19H29ClN2O. The van der Waals surface area contributed by atoms with Gasteiger partial charge in [0.15, 0.2) is 0 Å². The van der Waals surface area contributed by atoms with Gasteiger partial charge in [0.25, 0.3) is 0 Å². The highest BCUT2D eigenvalue weighted by atomic mass is 35.5. The molecule has 0 radical (unpaired) electrons. The minimum absolute atomic E-state index is 0.0156. The molecule has 128 valence electrons. The van der Waals surface area contributed by atoms with Crippen molar-refractivity contribution in [2.24, 2.45) is 5.10 Å². The summed E-state index contributed by atoms with van der Waals surface area (Å²) in [5.41, 5.74) is 3.48. The van der Waals surface area contributed by atoms with Crippen LogP contribution in [0.25, 0.3) is 0 Å². The molecule has 0 aromatic heterocycles. The molecule has 0 spiro atoms. The molecule has 0 atom stereocenters. The third-order valence-electron chi connectivity index (χ3n) is 3.78. The lowest BCUT2D eigenvalue weighted by Crippen LogP contribution is -2.16. The summed E-state index contributed by atoms with van der Waals surface area (Å²) in [7, 11) is 0. The molecule has 0 saturated heterocycles. The summed E-state index contributed by atoms with van der Waals surface area (Å²) < 4.78 is 0. The Morgan fingerprint density at radius 1 is 1.00 bits per heavy atom. The Hall–Kier alpha value is -1.35. The van der Waals surface area contributed by atoms with Gasteiger partial charge in [-0.3, -0.25) is 4.79 Å². The number of carbonyl (C=O) groups excluding carboxylic acids is 1. The number of hydrogen-bond acceptors (Lipinski definition) is 2. The topological polar surface area (TPSA) is 41.5 Å². The average molecular weight is 337 g/mol. The normalized spacial score (nSPS) is 11.0. The molecule has 23 heavy (non-hydrogen) atoms. The number of nitrogens with zero attached hydrogens (tertiary/aromatic N) is 1. The van der Waals surface area contributed by atoms with E-state index in [1.807, 2.05) is 12.1 Å². The Bertz CT molecular complexity index is 457. The second kappa shape index (κ2) is 13.1. The van der Waals surface area contributed by atoms with Crippen molar-refractivity contribution in [3.63, 3.8) is 0 Å². The van der Waals surface area contributed by atoms with Crippen molar-refractivity contribution >= 4 is 23.7 Å². The first-order valence-corrected chi connectivity index (χ1v) is 9.17. The van der Waals surface area contributed by atoms with E-state index >= 15 is 0 Å². The number of benzene rings is 1. The first kappa shape index (κ1) is 19.7. The third kappa shape index (κ3) is 10.9. The lowest BCUT2D eigenvalue weighted by molar-refractivity contribution is -0.121. The summed E-state index contributed by atoms with van der Waals surface area (Å²) in [6.07, 6.45) is 13.5. The molecule has 1 rings (SSSR count). The lowest BCUT2D eigenvalue weighted by Gasteiger charge is -2.02. The van der Waals surface area contributed by atoms with E-state index in [0.29, 0.717) is 11.4 Å². The number of hydrazone groups is 1. The Morgan fingerprint density at radius 2 is 1.57 bits per heavy atom. The van der Waals surface area contributed by atoms with Gasteiger partial charge in [-0.25, -0.2) is 5.43 Å². The molecule has 0 heterocycles. The van der Waals surface area contributed by atoms with Crippen LogP contribution in [0, 0.1) is 0 Å². The zero-order valence-corrected chi connectivity index (χ0v) is 14.9. The third-order valence-corrected chi connectivity index (χ3v) is 4.03. The first-order valence-electron chi connectivity index (χ1n) is 8.80. The second-order valence-electron chi connectivity index (χ2n) is 5.92. The molecule has 1 amide bonds. The number of amides is 1. The van der Waals surface area contributed by atoms with E-state index in [4.69, 9.17) is 11.6 Å². The summed E-state index contributed by atoms with van der Waals surface area (Å²) >= 11 is 5.81. The molecule has 1 aromatic carbocycles. The van der Waals surface area contributed by atoms with E-state index in [-0.39, 0.29) is 5.91 Å². The van der Waals surface area contributed by atoms with Crippen LogP contribution in [-0.2, 0) is 4.79 Å². The van der Waals surface area contributed by atoms with Gasteiger partial charge in [0, 0.05) is 11.4 Å². The van der Waals surface area contributed by atoms with E-state index in [9.17, 15) is 4.79 Å². The van der Waals surface area contributed by atoms with Crippen LogP contribution in [-0.4, -0.2) is 12.1 Å². The van der Waals surface area contributed by atoms with E-state index in [2.05, 4.69) is 17.5 Å². The van der Waals surface area contributed by atoms with Gasteiger partial charge in [-0.1, -0.05) is 82.0 Å². The maximum absolute atomic E-state index is 11.6. The van der Waals surface area contributed by atoms with Crippen LogP contribution in [0.3, 0.4) is 0 Å². The summed E-state index contributed by atoms with van der Waals surface area (Å²) in [6, 6.07) is 7.32. The molecule has 1 N–H and O–H groups in total. The van der Waals surface area contributed by atoms with Gasteiger partial charge in [0.05, 0.1) is 6.21 Å². The van der Waals surface area contributed by atoms with Crippen molar-refractivity contribution in [2.45, 2.75) is 71.1 Å². The summed E-state index contributed by atoms with van der Waals surface area (Å²) in [5, 5.41) is 4.65. The highest BCUT2D eigenvalue weighted by Gasteiger charge is 1.99. The maximum atomic E-state index is 11.6. The van der Waals surface area contributed by atoms with Crippen molar-refractivity contribution in [3.8, 4) is 0 Å². The molecule has 4 heteroatoms. The fourth-order valence-corrected chi connectivity index (χ4v) is 2.51. The number of rotatable bonds is 12. The number of hydrogen-bond donors (Lipinski definition) is 1. The Balaban J connectivity index is 1.99. The fourth-order valence-electron chi connectivity index (χ4n) is 2.38. The van der Waals surface area contributed by atoms with Gasteiger partial charge >= 0.3 is 0 Å². The van der Waals surface area contributed by atoms with Crippen LogP contribution in [0.1, 0.15) is 76.7 Å². The van der Waals surface area contributed by atoms with Gasteiger partial charge in [0.2, 0.25) is 5.91 Å². The quantitative estimate of drug-likeness (QED) is 0.296. The van der Waals surface area contributed by atoms with E-state index in [1.54, 1.807) is 18.3 Å². The standard InChI is InChI=1S/C19H29ClN2O/c1-2-3-4-5-6-7-8-9-10-11-19(23)22-21-16-17-12-14-18(20)15-13-17/h12-16H,2-11H2,1H3,(H,22,23)/b21-16-. The fraction of sp³-hybridized carbons (Fsp3) is 0.579. The van der Waals surface area contributed by atoms with E-state index in [1.165, 1.54) is 44.9 Å². The highest BCUT2D eigenvalue weighted by molar-refractivity contribution is 6.30. The van der Waals surface area contributed by atoms with Crippen molar-refractivity contribution in [1.29, 1.82) is 0 Å². The first-order chi connectivity index (χ1) is 11.2. The lowest BCUT2D eigenvalue weighted by atomic mass is 10.1. The zero-order valence-electron chi connectivity index (χ0n) is 14.2. The predicted molar refractivity (Wildman–Crippen MR) is 99.0 cm³/mol. The maximum Gasteiger partial charge on any atom is 0.240 e. The molecule has 0 aliphatic carbocycles. The van der Waals surface area contributed by atoms with Crippen LogP contribution < -0.4 is 5.43 Å². The summed E-state index contributed by atoms with van der Waals surface area (Å²) in [5.74, 6) is -0.0156. The number of nitrogens with one attached hydrogen (secondary N) is 1. The Morgan fingerprint density at radius 3 is 2.17 bits per heavy atom. The van der Waals surface area contributed by atoms with Crippen molar-refractivity contribution < 1.29 is 4.79 Å². The number of carbonyl (C=O) groups is 1. The van der Waals surface area contributed by atoms with Gasteiger partial charge in [-0.15, -0.1) is 0 Å². The molecule has 1 aromatic rings. The second-order valence-corrected chi connectivity index (χ2v) is 6.36. The zero-order chi connectivity index (χ0) is 16.8. The van der Waals surface area contributed by atoms with Crippen LogP contribution in [0.15, 0.2) is 29.4 Å². The molecular weight excluding hydrogens is 308 g/mol. The molecule has 0 fully saturated rings. The van der Waals surface area contributed by atoms with E-state index in [0.717, 1.165) is 18.4 Å². The minimum Gasteiger partial charge on any atom is -0.273 e. The SMILES string of the molecule is CCCCCCCCCCCC(=O)N/N=C\c1ccc(Cl)cc1. The van der Waals surface area contributed by atoms with Crippen molar-refractivity contribution in [1.82, 2.24) is 5.43 Å². The van der Waals surface area contributed by atoms with Gasteiger partial charge < -0.3 is 0 Å². The van der Waals surface area contributed by atoms with E-state index < -0.39 is 0 Å². The van der Waals surface area contributed by atoms with Crippen LogP contribution >= 0.6 is 11.6 Å². The largest absolute Gasteiger partial charge is 0.273 e. The van der Waals surface area contributed by atoms with Gasteiger partial charge in [-0.2, -0.15) is 5.10 Å². The van der Waals surface area contributed by atoms with Crippen molar-refractivity contribution in [2.75, 3.05) is 0 Å². The summed E-state index contributed by atoms with van der Waals surface area (Å²) in [6.45, 7) is 2.24. The number of unbranched alkanes of at least 4 members (excludes halogenated alkanes) is 8. The monoisotopic (exact) mass is 336 g/mol. The molecule has 0 unspecified atom stereocenters. The Labute approximate surface area is 145 Å². The van der Waals surface area contributed by atoms with Crippen LogP contribution in [0.2, 0.25) is 5.02 Å². The average Bonchev–Trinajstić information content (AvgIpc) is 2.55.